The van der Waals surface area contributed by atoms with Crippen molar-refractivity contribution >= 4 is 15.9 Å². The first kappa shape index (κ1) is 14.7. The van der Waals surface area contributed by atoms with E-state index in [4.69, 9.17) is 5.73 Å². The van der Waals surface area contributed by atoms with Crippen molar-refractivity contribution in [1.82, 2.24) is 4.90 Å². The molecule has 19 heavy (non-hydrogen) atoms. The van der Waals surface area contributed by atoms with Crippen LogP contribution in [0.3, 0.4) is 0 Å². The van der Waals surface area contributed by atoms with E-state index in [2.05, 4.69) is 27.4 Å². The van der Waals surface area contributed by atoms with Crippen molar-refractivity contribution in [3.05, 3.63) is 46.7 Å². The molecule has 1 heterocycles. The third-order valence-electron chi connectivity index (χ3n) is 3.73. The lowest BCUT2D eigenvalue weighted by Gasteiger charge is -2.30. The topological polar surface area (TPSA) is 49.5 Å². The van der Waals surface area contributed by atoms with Crippen LogP contribution in [-0.2, 0) is 5.54 Å². The lowest BCUT2D eigenvalue weighted by molar-refractivity contribution is 0.183. The number of benzene rings is 1. The van der Waals surface area contributed by atoms with E-state index in [1.54, 1.807) is 18.2 Å². The van der Waals surface area contributed by atoms with Gasteiger partial charge in [-0.05, 0) is 18.2 Å². The SMILES string of the molecule is C=CCN1C[C@@H](CO)[C@](N)(c2cc(Br)ccc2F)C1. The average Bonchev–Trinajstić information content (AvgIpc) is 2.70. The number of nitrogens with zero attached hydrogens (tertiary/aromatic N) is 1. The minimum absolute atomic E-state index is 0.0594. The predicted octanol–water partition coefficient (Wildman–Crippen LogP) is 1.85. The summed E-state index contributed by atoms with van der Waals surface area (Å²) < 4.78 is 14.9. The van der Waals surface area contributed by atoms with Gasteiger partial charge in [-0.3, -0.25) is 4.90 Å². The Morgan fingerprint density at radius 1 is 1.63 bits per heavy atom. The van der Waals surface area contributed by atoms with Gasteiger partial charge in [0.1, 0.15) is 5.82 Å². The maximum absolute atomic E-state index is 14.1. The van der Waals surface area contributed by atoms with Crippen LogP contribution >= 0.6 is 15.9 Å². The molecule has 0 radical (unpaired) electrons. The van der Waals surface area contributed by atoms with Crippen LogP contribution in [-0.4, -0.2) is 36.2 Å². The molecule has 1 saturated heterocycles. The Morgan fingerprint density at radius 3 is 3.00 bits per heavy atom. The van der Waals surface area contributed by atoms with Crippen LogP contribution < -0.4 is 5.73 Å². The summed E-state index contributed by atoms with van der Waals surface area (Å²) in [5, 5.41) is 9.54. The van der Waals surface area contributed by atoms with E-state index in [0.717, 1.165) is 4.47 Å². The molecule has 1 fully saturated rings. The Bertz CT molecular complexity index is 483. The highest BCUT2D eigenvalue weighted by Gasteiger charge is 2.45. The van der Waals surface area contributed by atoms with Crippen LogP contribution in [0.5, 0.6) is 0 Å². The van der Waals surface area contributed by atoms with Gasteiger partial charge in [0.15, 0.2) is 0 Å². The van der Waals surface area contributed by atoms with Crippen molar-refractivity contribution in [2.24, 2.45) is 11.7 Å². The molecule has 2 atom stereocenters. The molecule has 1 aliphatic rings. The fourth-order valence-electron chi connectivity index (χ4n) is 2.74. The lowest BCUT2D eigenvalue weighted by atomic mass is 9.81. The van der Waals surface area contributed by atoms with Gasteiger partial charge in [-0.2, -0.15) is 0 Å². The fourth-order valence-corrected chi connectivity index (χ4v) is 3.10. The summed E-state index contributed by atoms with van der Waals surface area (Å²) in [6.07, 6.45) is 1.79. The van der Waals surface area contributed by atoms with Crippen molar-refractivity contribution in [1.29, 1.82) is 0 Å². The van der Waals surface area contributed by atoms with E-state index in [9.17, 15) is 9.50 Å². The first-order valence-corrected chi connectivity index (χ1v) is 6.99. The van der Waals surface area contributed by atoms with Gasteiger partial charge in [0.05, 0.1) is 5.54 Å². The van der Waals surface area contributed by atoms with E-state index in [0.29, 0.717) is 25.2 Å². The van der Waals surface area contributed by atoms with Gasteiger partial charge in [-0.15, -0.1) is 6.58 Å². The molecule has 0 bridgehead atoms. The second-order valence-corrected chi connectivity index (χ2v) is 5.94. The number of rotatable bonds is 4. The summed E-state index contributed by atoms with van der Waals surface area (Å²) >= 11 is 3.34. The molecule has 3 nitrogen and oxygen atoms in total. The Morgan fingerprint density at radius 2 is 2.37 bits per heavy atom. The summed E-state index contributed by atoms with van der Waals surface area (Å²) in [5.41, 5.74) is 6.01. The quantitative estimate of drug-likeness (QED) is 0.829. The molecule has 2 rings (SSSR count). The summed E-state index contributed by atoms with van der Waals surface area (Å²) in [6, 6.07) is 4.75. The molecule has 0 aromatic heterocycles. The lowest BCUT2D eigenvalue weighted by Crippen LogP contribution is -2.46. The third-order valence-corrected chi connectivity index (χ3v) is 4.22. The van der Waals surface area contributed by atoms with Gasteiger partial charge < -0.3 is 10.8 Å². The van der Waals surface area contributed by atoms with Crippen molar-refractivity contribution < 1.29 is 9.50 Å². The van der Waals surface area contributed by atoms with E-state index in [-0.39, 0.29) is 18.3 Å². The van der Waals surface area contributed by atoms with Crippen LogP contribution in [0.2, 0.25) is 0 Å². The van der Waals surface area contributed by atoms with Crippen LogP contribution in [0.15, 0.2) is 35.3 Å². The molecule has 104 valence electrons. The van der Waals surface area contributed by atoms with Crippen molar-refractivity contribution in [2.45, 2.75) is 5.54 Å². The standard InChI is InChI=1S/C14H18BrFN2O/c1-2-5-18-7-10(8-19)14(17,9-18)12-6-11(15)3-4-13(12)16/h2-4,6,10,19H,1,5,7-9,17H2/t10-,14-/m0/s1. The first-order valence-electron chi connectivity index (χ1n) is 6.19. The van der Waals surface area contributed by atoms with Crippen LogP contribution in [0, 0.1) is 11.7 Å². The van der Waals surface area contributed by atoms with Crippen LogP contribution in [0.25, 0.3) is 0 Å². The minimum atomic E-state index is -0.869. The summed E-state index contributed by atoms with van der Waals surface area (Å²) in [6.45, 7) is 5.48. The molecule has 5 heteroatoms. The number of halogens is 2. The Labute approximate surface area is 121 Å². The van der Waals surface area contributed by atoms with E-state index < -0.39 is 5.54 Å². The van der Waals surface area contributed by atoms with Gasteiger partial charge >= 0.3 is 0 Å². The third kappa shape index (κ3) is 2.74. The summed E-state index contributed by atoms with van der Waals surface area (Å²) in [7, 11) is 0. The Hall–Kier alpha value is -0.750. The highest BCUT2D eigenvalue weighted by atomic mass is 79.9. The molecule has 0 saturated carbocycles. The number of nitrogens with two attached hydrogens (primary N) is 1. The first-order chi connectivity index (χ1) is 9.01. The summed E-state index contributed by atoms with van der Waals surface area (Å²) in [4.78, 5) is 2.08. The van der Waals surface area contributed by atoms with E-state index >= 15 is 0 Å². The predicted molar refractivity (Wildman–Crippen MR) is 77.2 cm³/mol. The zero-order valence-electron chi connectivity index (χ0n) is 10.6. The monoisotopic (exact) mass is 328 g/mol. The van der Waals surface area contributed by atoms with Crippen LogP contribution in [0.1, 0.15) is 5.56 Å². The van der Waals surface area contributed by atoms with Gasteiger partial charge in [0.25, 0.3) is 0 Å². The average molecular weight is 329 g/mol. The molecule has 1 aromatic carbocycles. The zero-order valence-corrected chi connectivity index (χ0v) is 12.2. The van der Waals surface area contributed by atoms with Gasteiger partial charge in [-0.25, -0.2) is 4.39 Å². The molecule has 3 N–H and O–H groups in total. The maximum atomic E-state index is 14.1. The Kier molecular flexibility index (Phi) is 4.40. The smallest absolute Gasteiger partial charge is 0.128 e. The minimum Gasteiger partial charge on any atom is -0.396 e. The van der Waals surface area contributed by atoms with E-state index in [1.165, 1.54) is 6.07 Å². The molecule has 0 unspecified atom stereocenters. The highest BCUT2D eigenvalue weighted by molar-refractivity contribution is 9.10. The highest BCUT2D eigenvalue weighted by Crippen LogP contribution is 2.36. The fraction of sp³-hybridized carbons (Fsp3) is 0.429. The molecule has 1 aromatic rings. The van der Waals surface area contributed by atoms with Crippen molar-refractivity contribution in [2.75, 3.05) is 26.2 Å². The molecular formula is C14H18BrFN2O. The number of likely N-dealkylation sites (tertiary alicyclic amines) is 1. The Balaban J connectivity index is 2.39. The second-order valence-electron chi connectivity index (χ2n) is 5.03. The largest absolute Gasteiger partial charge is 0.396 e. The maximum Gasteiger partial charge on any atom is 0.128 e. The van der Waals surface area contributed by atoms with Crippen molar-refractivity contribution in [3.8, 4) is 0 Å². The number of aliphatic hydroxyl groups excluding tert-OH is 1. The molecule has 1 aliphatic heterocycles. The number of hydrogen-bond donors (Lipinski definition) is 2. The van der Waals surface area contributed by atoms with Gasteiger partial charge in [0.2, 0.25) is 0 Å². The summed E-state index contributed by atoms with van der Waals surface area (Å²) in [5.74, 6) is -0.513. The molecular weight excluding hydrogens is 311 g/mol. The van der Waals surface area contributed by atoms with E-state index in [1.807, 2.05) is 0 Å². The van der Waals surface area contributed by atoms with Gasteiger partial charge in [-0.1, -0.05) is 22.0 Å². The molecule has 0 aliphatic carbocycles. The van der Waals surface area contributed by atoms with Gasteiger partial charge in [0, 0.05) is 42.2 Å². The van der Waals surface area contributed by atoms with Crippen LogP contribution in [0.4, 0.5) is 4.39 Å². The molecule has 0 spiro atoms. The number of aliphatic hydroxyl groups is 1. The number of hydrogen-bond acceptors (Lipinski definition) is 3. The second kappa shape index (κ2) is 5.71. The molecule has 0 amide bonds. The normalized spacial score (nSPS) is 27.7. The zero-order chi connectivity index (χ0) is 14.0. The van der Waals surface area contributed by atoms with Crippen molar-refractivity contribution in [3.63, 3.8) is 0 Å².